The maximum Gasteiger partial charge on any atom is 0.295 e. The number of aliphatic hydroxyl groups excluding tert-OH is 1. The first kappa shape index (κ1) is 21.7. The topological polar surface area (TPSA) is 76.1 Å². The van der Waals surface area contributed by atoms with E-state index in [1.54, 1.807) is 42.5 Å². The van der Waals surface area contributed by atoms with Crippen LogP contribution in [0.2, 0.25) is 5.02 Å². The summed E-state index contributed by atoms with van der Waals surface area (Å²) in [5, 5.41) is 11.5. The number of ether oxygens (including phenoxy) is 2. The van der Waals surface area contributed by atoms with Gasteiger partial charge in [0.2, 0.25) is 0 Å². The molecule has 0 radical (unpaired) electrons. The minimum atomic E-state index is -0.730. The number of nitrogens with zero attached hydrogens (tertiary/aromatic N) is 1. The van der Waals surface area contributed by atoms with Gasteiger partial charge >= 0.3 is 0 Å². The van der Waals surface area contributed by atoms with Crippen LogP contribution in [-0.4, -0.2) is 42.5 Å². The van der Waals surface area contributed by atoms with Gasteiger partial charge < -0.3 is 19.5 Å². The highest BCUT2D eigenvalue weighted by Crippen LogP contribution is 2.42. The van der Waals surface area contributed by atoms with E-state index in [-0.39, 0.29) is 11.3 Å². The number of carbonyl (C=O) groups is 2. The summed E-state index contributed by atoms with van der Waals surface area (Å²) in [5.41, 5.74) is 1.11. The van der Waals surface area contributed by atoms with Crippen molar-refractivity contribution in [1.82, 2.24) is 4.90 Å². The van der Waals surface area contributed by atoms with Crippen LogP contribution in [0, 0.1) is 0 Å². The summed E-state index contributed by atoms with van der Waals surface area (Å²) in [6.07, 6.45) is 1.59. The fourth-order valence-electron chi connectivity index (χ4n) is 3.57. The largest absolute Gasteiger partial charge is 0.507 e. The number of hydrogen-bond acceptors (Lipinski definition) is 5. The molecule has 0 saturated carbocycles. The van der Waals surface area contributed by atoms with Crippen molar-refractivity contribution >= 4 is 29.1 Å². The molecule has 1 saturated heterocycles. The molecule has 1 N–H and O–H groups in total. The molecule has 0 aliphatic carbocycles. The molecule has 1 fully saturated rings. The molecule has 158 valence electrons. The van der Waals surface area contributed by atoms with Crippen molar-refractivity contribution in [3.05, 3.63) is 64.2 Å². The Labute approximate surface area is 180 Å². The molecule has 1 aliphatic heterocycles. The normalized spacial score (nSPS) is 18.0. The fourth-order valence-corrected chi connectivity index (χ4v) is 3.70. The maximum atomic E-state index is 12.9. The van der Waals surface area contributed by atoms with Gasteiger partial charge in [-0.2, -0.15) is 0 Å². The molecule has 6 nitrogen and oxygen atoms in total. The van der Waals surface area contributed by atoms with Crippen molar-refractivity contribution < 1.29 is 24.2 Å². The van der Waals surface area contributed by atoms with Crippen molar-refractivity contribution in [3.63, 3.8) is 0 Å². The van der Waals surface area contributed by atoms with Crippen molar-refractivity contribution in [2.24, 2.45) is 0 Å². The number of hydrogen-bond donors (Lipinski definition) is 1. The van der Waals surface area contributed by atoms with Gasteiger partial charge in [0.1, 0.15) is 5.76 Å². The van der Waals surface area contributed by atoms with E-state index in [0.717, 1.165) is 12.8 Å². The average molecular weight is 430 g/mol. The Hall–Kier alpha value is -2.99. The van der Waals surface area contributed by atoms with E-state index < -0.39 is 17.7 Å². The molecular formula is C23H24ClNO5. The third kappa shape index (κ3) is 4.00. The highest BCUT2D eigenvalue weighted by Gasteiger charge is 2.45. The maximum absolute atomic E-state index is 12.9. The number of Topliss-reactive ketones (excluding diaryl/α,β-unsaturated/α-hetero) is 1. The first-order valence-corrected chi connectivity index (χ1v) is 10.1. The summed E-state index contributed by atoms with van der Waals surface area (Å²) >= 11 is 5.94. The molecular weight excluding hydrogens is 406 g/mol. The molecule has 0 aromatic heterocycles. The second kappa shape index (κ2) is 9.22. The van der Waals surface area contributed by atoms with Gasteiger partial charge in [-0.1, -0.05) is 31.0 Å². The standard InChI is InChI=1S/C23H24ClNO5/c1-4-5-12-25-20(15-8-11-17(29-2)18(13-15)30-3)19(22(27)23(25)28)21(26)14-6-9-16(24)10-7-14/h6-11,13,20,26H,4-5,12H2,1-3H3/b21-19+/t20-/m0/s1. The minimum Gasteiger partial charge on any atom is -0.507 e. The van der Waals surface area contributed by atoms with Crippen LogP contribution in [0.25, 0.3) is 5.76 Å². The van der Waals surface area contributed by atoms with E-state index in [1.807, 2.05) is 6.92 Å². The quantitative estimate of drug-likeness (QED) is 0.396. The molecule has 2 aromatic rings. The number of amides is 1. The molecule has 0 bridgehead atoms. The van der Waals surface area contributed by atoms with Crippen LogP contribution in [0.1, 0.15) is 36.9 Å². The molecule has 1 heterocycles. The van der Waals surface area contributed by atoms with Crippen LogP contribution in [0.15, 0.2) is 48.0 Å². The lowest BCUT2D eigenvalue weighted by atomic mass is 9.95. The Morgan fingerprint density at radius 2 is 1.73 bits per heavy atom. The van der Waals surface area contributed by atoms with Crippen LogP contribution in [0.4, 0.5) is 0 Å². The van der Waals surface area contributed by atoms with Crippen molar-refractivity contribution in [2.75, 3.05) is 20.8 Å². The van der Waals surface area contributed by atoms with Crippen LogP contribution in [0.3, 0.4) is 0 Å². The molecule has 0 unspecified atom stereocenters. The number of benzene rings is 2. The number of methoxy groups -OCH3 is 2. The summed E-state index contributed by atoms with van der Waals surface area (Å²) in [4.78, 5) is 27.3. The van der Waals surface area contributed by atoms with Crippen LogP contribution < -0.4 is 9.47 Å². The van der Waals surface area contributed by atoms with Crippen LogP contribution >= 0.6 is 11.6 Å². The fraction of sp³-hybridized carbons (Fsp3) is 0.304. The lowest BCUT2D eigenvalue weighted by Crippen LogP contribution is -2.30. The molecule has 0 spiro atoms. The second-order valence-electron chi connectivity index (χ2n) is 6.97. The molecule has 1 atom stereocenters. The number of likely N-dealkylation sites (tertiary alicyclic amines) is 1. The monoisotopic (exact) mass is 429 g/mol. The number of carbonyl (C=O) groups excluding carboxylic acids is 2. The predicted octanol–water partition coefficient (Wildman–Crippen LogP) is 4.58. The van der Waals surface area contributed by atoms with Crippen LogP contribution in [-0.2, 0) is 9.59 Å². The Bertz CT molecular complexity index is 984. The third-order valence-electron chi connectivity index (χ3n) is 5.13. The number of rotatable bonds is 7. The Morgan fingerprint density at radius 1 is 1.07 bits per heavy atom. The summed E-state index contributed by atoms with van der Waals surface area (Å²) in [7, 11) is 3.05. The second-order valence-corrected chi connectivity index (χ2v) is 7.40. The van der Waals surface area contributed by atoms with E-state index in [9.17, 15) is 14.7 Å². The van der Waals surface area contributed by atoms with Crippen molar-refractivity contribution in [2.45, 2.75) is 25.8 Å². The highest BCUT2D eigenvalue weighted by atomic mass is 35.5. The molecule has 2 aromatic carbocycles. The van der Waals surface area contributed by atoms with Gasteiger partial charge in [0.25, 0.3) is 11.7 Å². The highest BCUT2D eigenvalue weighted by molar-refractivity contribution is 6.46. The zero-order valence-corrected chi connectivity index (χ0v) is 17.9. The van der Waals surface area contributed by atoms with Gasteiger partial charge in [-0.15, -0.1) is 0 Å². The smallest absolute Gasteiger partial charge is 0.295 e. The van der Waals surface area contributed by atoms with Crippen LogP contribution in [0.5, 0.6) is 11.5 Å². The van der Waals surface area contributed by atoms with Gasteiger partial charge in [-0.25, -0.2) is 0 Å². The van der Waals surface area contributed by atoms with E-state index in [4.69, 9.17) is 21.1 Å². The zero-order valence-electron chi connectivity index (χ0n) is 17.1. The summed E-state index contributed by atoms with van der Waals surface area (Å²) in [6, 6.07) is 11.0. The van der Waals surface area contributed by atoms with Crippen molar-refractivity contribution in [3.8, 4) is 11.5 Å². The summed E-state index contributed by atoms with van der Waals surface area (Å²) in [6.45, 7) is 2.41. The van der Waals surface area contributed by atoms with Crippen molar-refractivity contribution in [1.29, 1.82) is 0 Å². The first-order chi connectivity index (χ1) is 14.4. The summed E-state index contributed by atoms with van der Waals surface area (Å²) < 4.78 is 10.7. The van der Waals surface area contributed by atoms with Gasteiger partial charge in [0.05, 0.1) is 25.8 Å². The lowest BCUT2D eigenvalue weighted by Gasteiger charge is -2.25. The van der Waals surface area contributed by atoms with E-state index in [1.165, 1.54) is 19.1 Å². The Kier molecular flexibility index (Phi) is 6.67. The molecule has 30 heavy (non-hydrogen) atoms. The number of halogens is 1. The van der Waals surface area contributed by atoms with Gasteiger partial charge in [-0.3, -0.25) is 9.59 Å². The van der Waals surface area contributed by atoms with E-state index in [0.29, 0.717) is 34.2 Å². The van der Waals surface area contributed by atoms with E-state index in [2.05, 4.69) is 0 Å². The molecule has 7 heteroatoms. The Balaban J connectivity index is 2.18. The lowest BCUT2D eigenvalue weighted by molar-refractivity contribution is -0.139. The number of ketones is 1. The third-order valence-corrected chi connectivity index (χ3v) is 5.39. The zero-order chi connectivity index (χ0) is 21.8. The molecule has 1 aliphatic rings. The average Bonchev–Trinajstić information content (AvgIpc) is 3.01. The summed E-state index contributed by atoms with van der Waals surface area (Å²) in [5.74, 6) is -0.562. The predicted molar refractivity (Wildman–Crippen MR) is 115 cm³/mol. The minimum absolute atomic E-state index is 0.0469. The SMILES string of the molecule is CCCCN1C(=O)C(=O)/C(=C(/O)c2ccc(Cl)cc2)[C@@H]1c1ccc(OC)c(OC)c1. The first-order valence-electron chi connectivity index (χ1n) is 9.69. The number of unbranched alkanes of at least 4 members (excludes halogenated alkanes) is 1. The van der Waals surface area contributed by atoms with E-state index >= 15 is 0 Å². The van der Waals surface area contributed by atoms with Gasteiger partial charge in [0, 0.05) is 17.1 Å². The Morgan fingerprint density at radius 3 is 2.33 bits per heavy atom. The molecule has 1 amide bonds. The van der Waals surface area contributed by atoms with Gasteiger partial charge in [-0.05, 0) is 48.4 Å². The van der Waals surface area contributed by atoms with Gasteiger partial charge in [0.15, 0.2) is 11.5 Å². The molecule has 3 rings (SSSR count). The number of aliphatic hydroxyl groups is 1.